The number of aliphatic hydroxyl groups is 5. The van der Waals surface area contributed by atoms with Gasteiger partial charge in [-0.25, -0.2) is 0 Å². The van der Waals surface area contributed by atoms with Gasteiger partial charge in [0.25, 0.3) is 0 Å². The standard InChI is InChI=1S/C9H18O4.C9H16O4.C9H18O3.C8H16O3.C7H14O3/c1-4-9(2,3)8(12)13-6-7(11)5-10;1-4-9(2,3)8(12)13-6-5-7(10)11;1-5-9(3,4)8(11)12-6-7(2)10;1-4-8(2,3)7(10)11-6-5-9;1-3-6(2)7(9)10-5-4-8/h7,10-11H,4-6H2,1-3H3;4-6H2,1-3H3,(H,10,11);7,10H,5-6H2,1-4H3;9H,4-6H2,1-3H3;6,8H,3-5H2,1-2H3. The first-order valence-corrected chi connectivity index (χ1v) is 20.3. The molecule has 0 heterocycles. The Hall–Kier alpha value is -3.38. The minimum Gasteiger partial charge on any atom is -0.481 e. The number of hydrogen-bond acceptors (Lipinski definition) is 16. The molecule has 0 aliphatic heterocycles. The van der Waals surface area contributed by atoms with Gasteiger partial charge >= 0.3 is 35.8 Å². The first kappa shape index (κ1) is 64.8. The van der Waals surface area contributed by atoms with E-state index in [4.69, 9.17) is 49.6 Å². The number of esters is 5. The predicted molar refractivity (Wildman–Crippen MR) is 222 cm³/mol. The lowest BCUT2D eigenvalue weighted by Gasteiger charge is -2.21. The van der Waals surface area contributed by atoms with Crippen molar-refractivity contribution in [1.29, 1.82) is 0 Å². The zero-order valence-electron chi connectivity index (χ0n) is 38.8. The molecule has 3 atom stereocenters. The van der Waals surface area contributed by atoms with Crippen LogP contribution < -0.4 is 0 Å². The van der Waals surface area contributed by atoms with Crippen LogP contribution in [0.5, 0.6) is 0 Å². The second-order valence-corrected chi connectivity index (χ2v) is 16.2. The molecule has 59 heavy (non-hydrogen) atoms. The SMILES string of the molecule is CCC(C)(C)C(=O)OCC(C)O.CCC(C)(C)C(=O)OCC(O)CO.CCC(C)(C)C(=O)OCCC(=O)O.CCC(C)(C)C(=O)OCCO.CCC(C)C(=O)OCCO. The number of aliphatic carboxylic acids is 1. The van der Waals surface area contributed by atoms with Crippen LogP contribution in [0.2, 0.25) is 0 Å². The molecule has 0 amide bonds. The summed E-state index contributed by atoms with van der Waals surface area (Å²) in [6.45, 7) is 26.9. The van der Waals surface area contributed by atoms with Gasteiger partial charge in [-0.2, -0.15) is 0 Å². The topological polar surface area (TPSA) is 270 Å². The minimum atomic E-state index is -0.975. The Morgan fingerprint density at radius 2 is 0.831 bits per heavy atom. The van der Waals surface area contributed by atoms with Gasteiger partial charge in [0.2, 0.25) is 0 Å². The zero-order valence-corrected chi connectivity index (χ0v) is 38.8. The maximum Gasteiger partial charge on any atom is 0.311 e. The highest BCUT2D eigenvalue weighted by Crippen LogP contribution is 2.23. The number of aliphatic hydroxyl groups excluding tert-OH is 5. The lowest BCUT2D eigenvalue weighted by molar-refractivity contribution is -0.158. The number of rotatable bonds is 22. The van der Waals surface area contributed by atoms with E-state index in [1.807, 2.05) is 62.3 Å². The van der Waals surface area contributed by atoms with E-state index in [-0.39, 0.29) is 95.0 Å². The first-order valence-electron chi connectivity index (χ1n) is 20.3. The molecule has 0 aromatic heterocycles. The summed E-state index contributed by atoms with van der Waals surface area (Å²) >= 11 is 0. The van der Waals surface area contributed by atoms with Crippen LogP contribution in [0.3, 0.4) is 0 Å². The molecule has 17 heteroatoms. The molecule has 0 aromatic rings. The molecule has 17 nitrogen and oxygen atoms in total. The van der Waals surface area contributed by atoms with Crippen LogP contribution in [-0.2, 0) is 52.5 Å². The van der Waals surface area contributed by atoms with E-state index in [9.17, 15) is 28.8 Å². The Morgan fingerprint density at radius 1 is 0.508 bits per heavy atom. The number of carboxylic acid groups (broad SMARTS) is 1. The molecule has 0 aliphatic carbocycles. The molecule has 0 aliphatic rings. The quantitative estimate of drug-likeness (QED) is 0.0640. The Kier molecular flexibility index (Phi) is 38.8. The fraction of sp³-hybridized carbons (Fsp3) is 0.857. The monoisotopic (exact) mass is 859 g/mol. The van der Waals surface area contributed by atoms with Crippen molar-refractivity contribution in [2.45, 2.75) is 155 Å². The van der Waals surface area contributed by atoms with Gasteiger partial charge in [0.1, 0.15) is 39.1 Å². The van der Waals surface area contributed by atoms with E-state index in [2.05, 4.69) is 4.74 Å². The lowest BCUT2D eigenvalue weighted by Crippen LogP contribution is -2.30. The normalized spacial score (nSPS) is 12.6. The van der Waals surface area contributed by atoms with E-state index >= 15 is 0 Å². The van der Waals surface area contributed by atoms with Crippen LogP contribution >= 0.6 is 0 Å². The number of carbonyl (C=O) groups excluding carboxylic acids is 5. The van der Waals surface area contributed by atoms with Gasteiger partial charge in [-0.15, -0.1) is 0 Å². The van der Waals surface area contributed by atoms with Crippen molar-refractivity contribution in [2.75, 3.05) is 52.9 Å². The molecular formula is C42H82O17. The first-order chi connectivity index (χ1) is 27.0. The smallest absolute Gasteiger partial charge is 0.311 e. The van der Waals surface area contributed by atoms with Crippen LogP contribution in [0.25, 0.3) is 0 Å². The second kappa shape index (κ2) is 35.4. The summed E-state index contributed by atoms with van der Waals surface area (Å²) in [6.07, 6.45) is 1.94. The molecule has 0 radical (unpaired) electrons. The zero-order chi connectivity index (χ0) is 47.6. The number of ether oxygens (including phenoxy) is 5. The summed E-state index contributed by atoms with van der Waals surface area (Å²) in [5.74, 6) is -2.40. The minimum absolute atomic E-state index is 0.0441. The maximum atomic E-state index is 11.3. The van der Waals surface area contributed by atoms with Gasteiger partial charge in [-0.3, -0.25) is 28.8 Å². The van der Waals surface area contributed by atoms with Gasteiger partial charge in [-0.05, 0) is 94.4 Å². The van der Waals surface area contributed by atoms with E-state index in [1.165, 1.54) is 0 Å². The van der Waals surface area contributed by atoms with Crippen LogP contribution in [0.4, 0.5) is 0 Å². The highest BCUT2D eigenvalue weighted by atomic mass is 16.6. The summed E-state index contributed by atoms with van der Waals surface area (Å²) in [7, 11) is 0. The maximum absolute atomic E-state index is 11.3. The highest BCUT2D eigenvalue weighted by Gasteiger charge is 2.29. The van der Waals surface area contributed by atoms with Crippen molar-refractivity contribution in [2.24, 2.45) is 27.6 Å². The summed E-state index contributed by atoms with van der Waals surface area (Å²) in [6, 6.07) is 0. The fourth-order valence-corrected chi connectivity index (χ4v) is 2.60. The average Bonchev–Trinajstić information content (AvgIpc) is 3.19. The second-order valence-electron chi connectivity index (χ2n) is 16.2. The summed E-state index contributed by atoms with van der Waals surface area (Å²) in [5, 5.41) is 51.2. The molecule has 6 N–H and O–H groups in total. The van der Waals surface area contributed by atoms with Gasteiger partial charge in [0, 0.05) is 0 Å². The van der Waals surface area contributed by atoms with Crippen molar-refractivity contribution in [1.82, 2.24) is 0 Å². The fourth-order valence-electron chi connectivity index (χ4n) is 2.60. The Labute approximate surface area is 353 Å². The van der Waals surface area contributed by atoms with Crippen molar-refractivity contribution in [3.8, 4) is 0 Å². The molecule has 0 saturated carbocycles. The molecule has 0 bridgehead atoms. The van der Waals surface area contributed by atoms with Gasteiger partial charge < -0.3 is 54.3 Å². The third-order valence-corrected chi connectivity index (χ3v) is 9.04. The third-order valence-electron chi connectivity index (χ3n) is 9.04. The molecule has 0 spiro atoms. The predicted octanol–water partition coefficient (Wildman–Crippen LogP) is 4.63. The summed E-state index contributed by atoms with van der Waals surface area (Å²) in [4.78, 5) is 65.9. The van der Waals surface area contributed by atoms with Crippen LogP contribution in [0.15, 0.2) is 0 Å². The summed E-state index contributed by atoms with van der Waals surface area (Å²) in [5.41, 5.74) is -1.89. The third kappa shape index (κ3) is 36.2. The van der Waals surface area contributed by atoms with Crippen molar-refractivity contribution in [3.63, 3.8) is 0 Å². The molecule has 0 rings (SSSR count). The molecule has 0 aromatic carbocycles. The molecule has 0 saturated heterocycles. The van der Waals surface area contributed by atoms with Crippen LogP contribution in [0.1, 0.15) is 142 Å². The van der Waals surface area contributed by atoms with Crippen molar-refractivity contribution in [3.05, 3.63) is 0 Å². The summed E-state index contributed by atoms with van der Waals surface area (Å²) < 4.78 is 23.9. The Bertz CT molecular complexity index is 1150. The average molecular weight is 859 g/mol. The van der Waals surface area contributed by atoms with Crippen molar-refractivity contribution >= 4 is 35.8 Å². The lowest BCUT2D eigenvalue weighted by atomic mass is 9.91. The van der Waals surface area contributed by atoms with Crippen molar-refractivity contribution < 1.29 is 83.1 Å². The molecule has 0 fully saturated rings. The van der Waals surface area contributed by atoms with Crippen LogP contribution in [-0.4, -0.2) is 132 Å². The van der Waals surface area contributed by atoms with E-state index in [0.717, 1.165) is 19.3 Å². The van der Waals surface area contributed by atoms with Crippen LogP contribution in [0, 0.1) is 27.6 Å². The van der Waals surface area contributed by atoms with Gasteiger partial charge in [0.05, 0.1) is 59.9 Å². The van der Waals surface area contributed by atoms with Gasteiger partial charge in [-0.1, -0.05) is 41.5 Å². The largest absolute Gasteiger partial charge is 0.481 e. The Morgan fingerprint density at radius 3 is 1.12 bits per heavy atom. The van der Waals surface area contributed by atoms with E-state index in [1.54, 1.807) is 41.5 Å². The number of hydrogen-bond donors (Lipinski definition) is 6. The number of carbonyl (C=O) groups is 6. The highest BCUT2D eigenvalue weighted by molar-refractivity contribution is 5.77. The number of carboxylic acids is 1. The van der Waals surface area contributed by atoms with E-state index in [0.29, 0.717) is 12.8 Å². The Balaban J connectivity index is -0.000000207. The molecule has 3 unspecified atom stereocenters. The molecular weight excluding hydrogens is 776 g/mol. The molecule has 352 valence electrons. The van der Waals surface area contributed by atoms with Gasteiger partial charge in [0.15, 0.2) is 0 Å². The van der Waals surface area contributed by atoms with E-state index < -0.39 is 39.8 Å².